The van der Waals surface area contributed by atoms with E-state index in [1.807, 2.05) is 6.92 Å². The molecule has 1 aromatic carbocycles. The quantitative estimate of drug-likeness (QED) is 0.764. The van der Waals surface area contributed by atoms with E-state index in [1.54, 1.807) is 16.9 Å². The zero-order chi connectivity index (χ0) is 13.0. The molecule has 5 heteroatoms. The van der Waals surface area contributed by atoms with Crippen LogP contribution in [0.25, 0.3) is 0 Å². The van der Waals surface area contributed by atoms with E-state index in [4.69, 9.17) is 4.74 Å². The molecule has 0 fully saturated rings. The molecule has 1 aromatic heterocycles. The van der Waals surface area contributed by atoms with Gasteiger partial charge in [0.1, 0.15) is 11.6 Å². The lowest BCUT2D eigenvalue weighted by Crippen LogP contribution is -1.96. The van der Waals surface area contributed by atoms with Crippen LogP contribution < -0.4 is 4.74 Å². The third kappa shape index (κ3) is 2.56. The maximum atomic E-state index is 13.3. The van der Waals surface area contributed by atoms with E-state index >= 15 is 0 Å². The lowest BCUT2D eigenvalue weighted by molar-refractivity contribution is 0.111. The zero-order valence-electron chi connectivity index (χ0n) is 9.97. The molecule has 18 heavy (non-hydrogen) atoms. The van der Waals surface area contributed by atoms with Crippen LogP contribution in [0.3, 0.4) is 0 Å². The average Bonchev–Trinajstić information content (AvgIpc) is 2.77. The standard InChI is InChI=1S/C13H13FN2O2/c1-2-6-16-8-10(7-15-16)18-13-5-3-4-12(14)11(13)9-17/h3-5,7-9H,2,6H2,1H3. The van der Waals surface area contributed by atoms with E-state index in [0.29, 0.717) is 12.0 Å². The summed E-state index contributed by atoms with van der Waals surface area (Å²) in [6.07, 6.45) is 4.65. The Morgan fingerprint density at radius 3 is 3.06 bits per heavy atom. The fourth-order valence-electron chi connectivity index (χ4n) is 1.60. The molecule has 0 spiro atoms. The molecule has 94 valence electrons. The number of hydrogen-bond donors (Lipinski definition) is 0. The Balaban J connectivity index is 2.22. The Kier molecular flexibility index (Phi) is 3.72. The lowest BCUT2D eigenvalue weighted by Gasteiger charge is -2.05. The predicted octanol–water partition coefficient (Wildman–Crippen LogP) is 3.04. The van der Waals surface area contributed by atoms with Gasteiger partial charge in [0.15, 0.2) is 12.0 Å². The summed E-state index contributed by atoms with van der Waals surface area (Å²) in [7, 11) is 0. The summed E-state index contributed by atoms with van der Waals surface area (Å²) < 4.78 is 20.5. The minimum atomic E-state index is -0.594. The molecule has 4 nitrogen and oxygen atoms in total. The van der Waals surface area contributed by atoms with Crippen LogP contribution in [-0.4, -0.2) is 16.1 Å². The molecule has 0 aliphatic carbocycles. The molecule has 0 aliphatic heterocycles. The molecule has 0 saturated heterocycles. The molecule has 0 bridgehead atoms. The number of aryl methyl sites for hydroxylation is 1. The zero-order valence-corrected chi connectivity index (χ0v) is 9.97. The van der Waals surface area contributed by atoms with Crippen molar-refractivity contribution < 1.29 is 13.9 Å². The molecule has 0 saturated carbocycles. The molecular formula is C13H13FN2O2. The van der Waals surface area contributed by atoms with Crippen molar-refractivity contribution in [1.29, 1.82) is 0 Å². The highest BCUT2D eigenvalue weighted by molar-refractivity contribution is 5.79. The molecule has 0 amide bonds. The summed E-state index contributed by atoms with van der Waals surface area (Å²) in [5.41, 5.74) is -0.0826. The van der Waals surface area contributed by atoms with Crippen LogP contribution in [0.15, 0.2) is 30.6 Å². The predicted molar refractivity (Wildman–Crippen MR) is 64.4 cm³/mol. The molecule has 0 radical (unpaired) electrons. The number of ether oxygens (including phenoxy) is 1. The first kappa shape index (κ1) is 12.3. The number of aldehydes is 1. The largest absolute Gasteiger partial charge is 0.453 e. The highest BCUT2D eigenvalue weighted by Crippen LogP contribution is 2.25. The summed E-state index contributed by atoms with van der Waals surface area (Å²) in [5.74, 6) is 0.0849. The second-order valence-electron chi connectivity index (χ2n) is 3.81. The lowest BCUT2D eigenvalue weighted by atomic mass is 10.2. The first-order valence-electron chi connectivity index (χ1n) is 5.68. The van der Waals surface area contributed by atoms with Gasteiger partial charge in [-0.15, -0.1) is 0 Å². The third-order valence-electron chi connectivity index (χ3n) is 2.42. The molecule has 0 aliphatic rings. The van der Waals surface area contributed by atoms with Crippen molar-refractivity contribution in [3.05, 3.63) is 42.0 Å². The van der Waals surface area contributed by atoms with Crippen molar-refractivity contribution >= 4 is 6.29 Å². The van der Waals surface area contributed by atoms with Gasteiger partial charge >= 0.3 is 0 Å². The van der Waals surface area contributed by atoms with Crippen LogP contribution in [0.2, 0.25) is 0 Å². The number of nitrogens with zero attached hydrogens (tertiary/aromatic N) is 2. The summed E-state index contributed by atoms with van der Waals surface area (Å²) in [6, 6.07) is 4.26. The van der Waals surface area contributed by atoms with Gasteiger partial charge in [-0.2, -0.15) is 5.10 Å². The Bertz CT molecular complexity index is 552. The number of rotatable bonds is 5. The molecule has 2 rings (SSSR count). The monoisotopic (exact) mass is 248 g/mol. The van der Waals surface area contributed by atoms with E-state index in [-0.39, 0.29) is 11.3 Å². The van der Waals surface area contributed by atoms with Gasteiger partial charge in [-0.25, -0.2) is 4.39 Å². The smallest absolute Gasteiger partial charge is 0.165 e. The van der Waals surface area contributed by atoms with Gasteiger partial charge < -0.3 is 4.74 Å². The van der Waals surface area contributed by atoms with Crippen LogP contribution in [0, 0.1) is 5.82 Å². The van der Waals surface area contributed by atoms with Crippen molar-refractivity contribution in [2.24, 2.45) is 0 Å². The maximum absolute atomic E-state index is 13.3. The molecule has 0 unspecified atom stereocenters. The van der Waals surface area contributed by atoms with E-state index in [2.05, 4.69) is 5.10 Å². The van der Waals surface area contributed by atoms with Gasteiger partial charge in [0.2, 0.25) is 0 Å². The normalized spacial score (nSPS) is 10.3. The van der Waals surface area contributed by atoms with Crippen molar-refractivity contribution in [2.75, 3.05) is 0 Å². The van der Waals surface area contributed by atoms with Crippen LogP contribution in [0.1, 0.15) is 23.7 Å². The van der Waals surface area contributed by atoms with Crippen molar-refractivity contribution in [3.63, 3.8) is 0 Å². The number of carbonyl (C=O) groups excluding carboxylic acids is 1. The Labute approximate surface area is 104 Å². The minimum absolute atomic E-state index is 0.0826. The first-order chi connectivity index (χ1) is 8.74. The Morgan fingerprint density at radius 2 is 2.33 bits per heavy atom. The fourth-order valence-corrected chi connectivity index (χ4v) is 1.60. The van der Waals surface area contributed by atoms with Gasteiger partial charge in [0.05, 0.1) is 18.0 Å². The number of aromatic nitrogens is 2. The van der Waals surface area contributed by atoms with Crippen LogP contribution >= 0.6 is 0 Å². The SMILES string of the molecule is CCCn1cc(Oc2cccc(F)c2C=O)cn1. The Hall–Kier alpha value is -2.17. The summed E-state index contributed by atoms with van der Waals surface area (Å²) in [6.45, 7) is 2.83. The second-order valence-corrected chi connectivity index (χ2v) is 3.81. The molecule has 0 N–H and O–H groups in total. The minimum Gasteiger partial charge on any atom is -0.453 e. The number of carbonyl (C=O) groups is 1. The molecule has 1 heterocycles. The van der Waals surface area contributed by atoms with Gasteiger partial charge in [-0.05, 0) is 18.6 Å². The number of benzene rings is 1. The van der Waals surface area contributed by atoms with E-state index in [1.165, 1.54) is 18.3 Å². The molecule has 0 atom stereocenters. The van der Waals surface area contributed by atoms with Crippen molar-refractivity contribution in [3.8, 4) is 11.5 Å². The topological polar surface area (TPSA) is 44.1 Å². The van der Waals surface area contributed by atoms with Crippen molar-refractivity contribution in [1.82, 2.24) is 9.78 Å². The third-order valence-corrected chi connectivity index (χ3v) is 2.42. The van der Waals surface area contributed by atoms with E-state index < -0.39 is 5.82 Å². The second kappa shape index (κ2) is 5.44. The van der Waals surface area contributed by atoms with E-state index in [0.717, 1.165) is 13.0 Å². The van der Waals surface area contributed by atoms with Gasteiger partial charge in [0.25, 0.3) is 0 Å². The highest BCUT2D eigenvalue weighted by Gasteiger charge is 2.10. The van der Waals surface area contributed by atoms with Gasteiger partial charge in [-0.1, -0.05) is 13.0 Å². The van der Waals surface area contributed by atoms with Gasteiger partial charge in [-0.3, -0.25) is 9.48 Å². The summed E-state index contributed by atoms with van der Waals surface area (Å²) in [4.78, 5) is 10.8. The van der Waals surface area contributed by atoms with Crippen LogP contribution in [0.5, 0.6) is 11.5 Å². The average molecular weight is 248 g/mol. The number of hydrogen-bond acceptors (Lipinski definition) is 3. The van der Waals surface area contributed by atoms with Crippen LogP contribution in [0.4, 0.5) is 4.39 Å². The van der Waals surface area contributed by atoms with Gasteiger partial charge in [0, 0.05) is 6.54 Å². The Morgan fingerprint density at radius 1 is 1.50 bits per heavy atom. The van der Waals surface area contributed by atoms with E-state index in [9.17, 15) is 9.18 Å². The fraction of sp³-hybridized carbons (Fsp3) is 0.231. The first-order valence-corrected chi connectivity index (χ1v) is 5.68. The van der Waals surface area contributed by atoms with Crippen molar-refractivity contribution in [2.45, 2.75) is 19.9 Å². The van der Waals surface area contributed by atoms with Crippen LogP contribution in [-0.2, 0) is 6.54 Å². The summed E-state index contributed by atoms with van der Waals surface area (Å²) in [5, 5.41) is 4.09. The maximum Gasteiger partial charge on any atom is 0.165 e. The summed E-state index contributed by atoms with van der Waals surface area (Å²) >= 11 is 0. The molecule has 2 aromatic rings. The molecular weight excluding hydrogens is 235 g/mol. The highest BCUT2D eigenvalue weighted by atomic mass is 19.1. The number of halogens is 1.